The van der Waals surface area contributed by atoms with Crippen LogP contribution >= 0.6 is 0 Å². The van der Waals surface area contributed by atoms with Crippen LogP contribution in [0.4, 0.5) is 4.39 Å². The molecule has 1 aliphatic heterocycles. The summed E-state index contributed by atoms with van der Waals surface area (Å²) >= 11 is 0. The summed E-state index contributed by atoms with van der Waals surface area (Å²) < 4.78 is 13.5. The minimum atomic E-state index is -0.306. The molecule has 0 saturated carbocycles. The van der Waals surface area contributed by atoms with Crippen molar-refractivity contribution in [3.8, 4) is 11.4 Å². The predicted molar refractivity (Wildman–Crippen MR) is 106 cm³/mol. The molecule has 28 heavy (non-hydrogen) atoms. The smallest absolute Gasteiger partial charge is 0.254 e. The Balaban J connectivity index is 1.56. The largest absolute Gasteiger partial charge is 0.338 e. The molecular weight excluding hydrogens is 353 g/mol. The lowest BCUT2D eigenvalue weighted by Gasteiger charge is -2.33. The Morgan fingerprint density at radius 1 is 1.14 bits per heavy atom. The van der Waals surface area contributed by atoms with Gasteiger partial charge in [-0.15, -0.1) is 0 Å². The second kappa shape index (κ2) is 7.89. The summed E-state index contributed by atoms with van der Waals surface area (Å²) in [6.45, 7) is 3.35. The molecule has 1 saturated heterocycles. The monoisotopic (exact) mass is 375 g/mol. The van der Waals surface area contributed by atoms with Crippen LogP contribution in [0.5, 0.6) is 0 Å². The van der Waals surface area contributed by atoms with Crippen molar-refractivity contribution < 1.29 is 9.18 Å². The first-order valence-corrected chi connectivity index (χ1v) is 9.55. The number of halogens is 1. The summed E-state index contributed by atoms with van der Waals surface area (Å²) in [6.07, 6.45) is 3.61. The van der Waals surface area contributed by atoms with E-state index in [1.807, 2.05) is 42.2 Å². The molecule has 0 spiro atoms. The molecule has 2 heterocycles. The first-order valence-electron chi connectivity index (χ1n) is 9.55. The van der Waals surface area contributed by atoms with Crippen molar-refractivity contribution in [1.82, 2.24) is 14.9 Å². The van der Waals surface area contributed by atoms with Crippen LogP contribution in [-0.2, 0) is 0 Å². The number of nitrogens with zero attached hydrogens (tertiary/aromatic N) is 3. The van der Waals surface area contributed by atoms with Crippen molar-refractivity contribution in [2.45, 2.75) is 25.7 Å². The van der Waals surface area contributed by atoms with Crippen molar-refractivity contribution in [3.63, 3.8) is 0 Å². The number of rotatable bonds is 3. The first kappa shape index (κ1) is 18.3. The maximum absolute atomic E-state index is 13.5. The van der Waals surface area contributed by atoms with Gasteiger partial charge in [0.15, 0.2) is 5.82 Å². The predicted octanol–water partition coefficient (Wildman–Crippen LogP) is 4.61. The third-order valence-electron chi connectivity index (χ3n) is 5.26. The summed E-state index contributed by atoms with van der Waals surface area (Å²) in [5.74, 6) is 0.428. The summed E-state index contributed by atoms with van der Waals surface area (Å²) in [5.41, 5.74) is 3.30. The van der Waals surface area contributed by atoms with Crippen LogP contribution in [0.25, 0.3) is 11.4 Å². The van der Waals surface area contributed by atoms with Crippen molar-refractivity contribution >= 4 is 5.91 Å². The van der Waals surface area contributed by atoms with E-state index < -0.39 is 0 Å². The fourth-order valence-electron chi connectivity index (χ4n) is 3.75. The lowest BCUT2D eigenvalue weighted by atomic mass is 9.93. The van der Waals surface area contributed by atoms with Gasteiger partial charge in [0.1, 0.15) is 5.82 Å². The molecule has 1 aromatic heterocycles. The second-order valence-electron chi connectivity index (χ2n) is 7.22. The molecule has 0 unspecified atom stereocenters. The second-order valence-corrected chi connectivity index (χ2v) is 7.22. The quantitative estimate of drug-likeness (QED) is 0.671. The summed E-state index contributed by atoms with van der Waals surface area (Å²) in [5, 5.41) is 0. The molecule has 1 atom stereocenters. The number of piperidine rings is 1. The van der Waals surface area contributed by atoms with E-state index in [4.69, 9.17) is 0 Å². The van der Waals surface area contributed by atoms with Crippen LogP contribution in [-0.4, -0.2) is 33.9 Å². The zero-order valence-corrected chi connectivity index (χ0v) is 15.8. The Bertz CT molecular complexity index is 1000. The molecule has 0 bridgehead atoms. The van der Waals surface area contributed by atoms with Crippen LogP contribution in [0.1, 0.15) is 40.4 Å². The van der Waals surface area contributed by atoms with Gasteiger partial charge in [-0.3, -0.25) is 4.79 Å². The average molecular weight is 375 g/mol. The van der Waals surface area contributed by atoms with E-state index >= 15 is 0 Å². The minimum Gasteiger partial charge on any atom is -0.338 e. The van der Waals surface area contributed by atoms with Crippen molar-refractivity contribution in [1.29, 1.82) is 0 Å². The van der Waals surface area contributed by atoms with Crippen molar-refractivity contribution in [3.05, 3.63) is 83.4 Å². The zero-order chi connectivity index (χ0) is 19.5. The Morgan fingerprint density at radius 2 is 2.00 bits per heavy atom. The Hall–Kier alpha value is -3.08. The molecule has 5 heteroatoms. The van der Waals surface area contributed by atoms with Crippen LogP contribution in [0.15, 0.2) is 60.8 Å². The lowest BCUT2D eigenvalue weighted by molar-refractivity contribution is 0.0705. The number of aromatic nitrogens is 2. The van der Waals surface area contributed by atoms with Crippen molar-refractivity contribution in [2.24, 2.45) is 0 Å². The van der Waals surface area contributed by atoms with Gasteiger partial charge < -0.3 is 4.90 Å². The number of amides is 1. The van der Waals surface area contributed by atoms with E-state index in [-0.39, 0.29) is 17.6 Å². The number of likely N-dealkylation sites (tertiary alicyclic amines) is 1. The van der Waals surface area contributed by atoms with Gasteiger partial charge in [-0.1, -0.05) is 30.3 Å². The highest BCUT2D eigenvalue weighted by Gasteiger charge is 2.27. The summed E-state index contributed by atoms with van der Waals surface area (Å²) in [6, 6.07) is 15.9. The highest BCUT2D eigenvalue weighted by Crippen LogP contribution is 2.28. The van der Waals surface area contributed by atoms with Crippen LogP contribution in [0.3, 0.4) is 0 Å². The van der Waals surface area contributed by atoms with Gasteiger partial charge in [0, 0.05) is 42.0 Å². The van der Waals surface area contributed by atoms with Crippen LogP contribution < -0.4 is 0 Å². The van der Waals surface area contributed by atoms with E-state index in [1.165, 1.54) is 12.1 Å². The Morgan fingerprint density at radius 3 is 2.82 bits per heavy atom. The van der Waals surface area contributed by atoms with Gasteiger partial charge in [0.25, 0.3) is 5.91 Å². The third-order valence-corrected chi connectivity index (χ3v) is 5.26. The normalized spacial score (nSPS) is 16.8. The van der Waals surface area contributed by atoms with E-state index in [0.717, 1.165) is 36.2 Å². The van der Waals surface area contributed by atoms with E-state index in [9.17, 15) is 9.18 Å². The number of aryl methyl sites for hydroxylation is 1. The van der Waals surface area contributed by atoms with Gasteiger partial charge in [0.05, 0.1) is 0 Å². The molecule has 142 valence electrons. The maximum atomic E-state index is 13.5. The fourth-order valence-corrected chi connectivity index (χ4v) is 3.75. The highest BCUT2D eigenvalue weighted by molar-refractivity contribution is 5.95. The summed E-state index contributed by atoms with van der Waals surface area (Å²) in [7, 11) is 0. The first-order chi connectivity index (χ1) is 13.6. The zero-order valence-electron chi connectivity index (χ0n) is 15.8. The molecule has 1 fully saturated rings. The number of carbonyl (C=O) groups excluding carboxylic acids is 1. The SMILES string of the molecule is Cc1ccccc1C(=O)N1CCC[C@H](c2ccnc(-c3cccc(F)c3)n2)C1. The Labute approximate surface area is 164 Å². The van der Waals surface area contributed by atoms with Gasteiger partial charge in [-0.25, -0.2) is 14.4 Å². The molecule has 4 nitrogen and oxygen atoms in total. The molecule has 4 rings (SSSR count). The molecular formula is C23H22FN3O. The molecule has 0 N–H and O–H groups in total. The minimum absolute atomic E-state index is 0.0715. The molecule has 2 aromatic carbocycles. The number of carbonyl (C=O) groups is 1. The van der Waals surface area contributed by atoms with Crippen molar-refractivity contribution in [2.75, 3.05) is 13.1 Å². The topological polar surface area (TPSA) is 46.1 Å². The van der Waals surface area contributed by atoms with Gasteiger partial charge in [-0.2, -0.15) is 0 Å². The number of hydrogen-bond acceptors (Lipinski definition) is 3. The third kappa shape index (κ3) is 3.79. The summed E-state index contributed by atoms with van der Waals surface area (Å²) in [4.78, 5) is 23.9. The average Bonchev–Trinajstić information content (AvgIpc) is 2.74. The molecule has 1 aliphatic rings. The molecule has 0 aliphatic carbocycles. The van der Waals surface area contributed by atoms with E-state index in [2.05, 4.69) is 9.97 Å². The van der Waals surface area contributed by atoms with Crippen LogP contribution in [0, 0.1) is 12.7 Å². The highest BCUT2D eigenvalue weighted by atomic mass is 19.1. The maximum Gasteiger partial charge on any atom is 0.254 e. The Kier molecular flexibility index (Phi) is 5.15. The standard InChI is InChI=1S/C23H22FN3O/c1-16-6-2-3-10-20(16)23(28)27-13-5-8-18(15-27)21-11-12-25-22(26-21)17-7-4-9-19(24)14-17/h2-4,6-7,9-12,14,18H,5,8,13,15H2,1H3/t18-/m0/s1. The molecule has 1 amide bonds. The number of hydrogen-bond donors (Lipinski definition) is 0. The lowest BCUT2D eigenvalue weighted by Crippen LogP contribution is -2.39. The molecule has 0 radical (unpaired) electrons. The van der Waals surface area contributed by atoms with E-state index in [1.54, 1.807) is 18.3 Å². The molecule has 3 aromatic rings. The van der Waals surface area contributed by atoms with E-state index in [0.29, 0.717) is 17.9 Å². The fraction of sp³-hybridized carbons (Fsp3) is 0.261. The van der Waals surface area contributed by atoms with Gasteiger partial charge in [-0.05, 0) is 49.6 Å². The van der Waals surface area contributed by atoms with Crippen LogP contribution in [0.2, 0.25) is 0 Å². The number of benzene rings is 2. The van der Waals surface area contributed by atoms with Gasteiger partial charge >= 0.3 is 0 Å². The van der Waals surface area contributed by atoms with Gasteiger partial charge in [0.2, 0.25) is 0 Å².